The third-order valence-corrected chi connectivity index (χ3v) is 3.81. The Morgan fingerprint density at radius 3 is 1.96 bits per heavy atom. The van der Waals surface area contributed by atoms with E-state index in [9.17, 15) is 14.7 Å². The fraction of sp³-hybridized carbons (Fsp3) is 0.200. The summed E-state index contributed by atoms with van der Waals surface area (Å²) in [7, 11) is 6.24. The first-order chi connectivity index (χ1) is 13.2. The number of hydrogen-bond donors (Lipinski definition) is 1. The van der Waals surface area contributed by atoms with Gasteiger partial charge in [-0.25, -0.2) is 9.59 Å². The molecule has 0 atom stereocenters. The standard InChI is InChI=1S/C20H20N2O6/c1-21(2)19(24)26-15-7-13(8-16(11-15)27-20(25)22(3)4)17-9-12-5-6-14(23)10-18(12)28-17/h5-11,23H,1-4H3. The molecule has 0 unspecified atom stereocenters. The summed E-state index contributed by atoms with van der Waals surface area (Å²) >= 11 is 0. The van der Waals surface area contributed by atoms with Gasteiger partial charge in [0.25, 0.3) is 0 Å². The molecule has 0 saturated heterocycles. The molecule has 8 nitrogen and oxygen atoms in total. The van der Waals surface area contributed by atoms with Gasteiger partial charge in [0.2, 0.25) is 0 Å². The van der Waals surface area contributed by atoms with Crippen molar-refractivity contribution in [3.8, 4) is 28.6 Å². The van der Waals surface area contributed by atoms with Crippen molar-refractivity contribution < 1.29 is 28.6 Å². The largest absolute Gasteiger partial charge is 0.508 e. The number of amides is 2. The maximum atomic E-state index is 11.9. The number of aromatic hydroxyl groups is 1. The summed E-state index contributed by atoms with van der Waals surface area (Å²) in [6.45, 7) is 0. The second kappa shape index (κ2) is 7.51. The lowest BCUT2D eigenvalue weighted by Crippen LogP contribution is -2.26. The van der Waals surface area contributed by atoms with E-state index in [4.69, 9.17) is 13.9 Å². The summed E-state index contributed by atoms with van der Waals surface area (Å²) in [6.07, 6.45) is -1.15. The number of carbonyl (C=O) groups is 2. The number of rotatable bonds is 3. The van der Waals surface area contributed by atoms with Gasteiger partial charge in [-0.3, -0.25) is 0 Å². The van der Waals surface area contributed by atoms with Crippen LogP contribution in [0.5, 0.6) is 17.2 Å². The highest BCUT2D eigenvalue weighted by atomic mass is 16.6. The van der Waals surface area contributed by atoms with E-state index in [2.05, 4.69) is 0 Å². The first-order valence-electron chi connectivity index (χ1n) is 8.39. The zero-order valence-electron chi connectivity index (χ0n) is 15.9. The van der Waals surface area contributed by atoms with Crippen LogP contribution in [-0.2, 0) is 0 Å². The molecule has 2 aromatic carbocycles. The van der Waals surface area contributed by atoms with E-state index < -0.39 is 12.2 Å². The normalized spacial score (nSPS) is 10.6. The molecular weight excluding hydrogens is 364 g/mol. The molecule has 1 aromatic heterocycles. The van der Waals surface area contributed by atoms with Crippen molar-refractivity contribution >= 4 is 23.2 Å². The Kier molecular flexibility index (Phi) is 5.12. The molecule has 28 heavy (non-hydrogen) atoms. The van der Waals surface area contributed by atoms with Crippen LogP contribution in [0.1, 0.15) is 0 Å². The monoisotopic (exact) mass is 384 g/mol. The van der Waals surface area contributed by atoms with Crippen LogP contribution < -0.4 is 9.47 Å². The highest BCUT2D eigenvalue weighted by molar-refractivity contribution is 5.84. The van der Waals surface area contributed by atoms with E-state index >= 15 is 0 Å². The van der Waals surface area contributed by atoms with Crippen LogP contribution in [0.25, 0.3) is 22.3 Å². The van der Waals surface area contributed by atoms with E-state index in [1.807, 2.05) is 0 Å². The quantitative estimate of drug-likeness (QED) is 0.736. The van der Waals surface area contributed by atoms with Gasteiger partial charge in [-0.1, -0.05) is 0 Å². The second-order valence-electron chi connectivity index (χ2n) is 6.55. The van der Waals surface area contributed by atoms with Crippen molar-refractivity contribution in [2.24, 2.45) is 0 Å². The van der Waals surface area contributed by atoms with Crippen LogP contribution in [0.15, 0.2) is 46.9 Å². The van der Waals surface area contributed by atoms with Crippen molar-refractivity contribution in [3.63, 3.8) is 0 Å². The van der Waals surface area contributed by atoms with Crippen molar-refractivity contribution in [1.29, 1.82) is 0 Å². The average molecular weight is 384 g/mol. The van der Waals surface area contributed by atoms with Gasteiger partial charge < -0.3 is 28.8 Å². The molecule has 0 radical (unpaired) electrons. The molecular formula is C20H20N2O6. The summed E-state index contributed by atoms with van der Waals surface area (Å²) in [5.74, 6) is 0.940. The first kappa shape index (κ1) is 19.1. The van der Waals surface area contributed by atoms with Crippen molar-refractivity contribution in [2.45, 2.75) is 0 Å². The van der Waals surface area contributed by atoms with Crippen molar-refractivity contribution in [3.05, 3.63) is 42.5 Å². The maximum absolute atomic E-state index is 11.9. The van der Waals surface area contributed by atoms with Crippen LogP contribution in [0.4, 0.5) is 9.59 Å². The number of nitrogens with zero attached hydrogens (tertiary/aromatic N) is 2. The van der Waals surface area contributed by atoms with Crippen LogP contribution in [0.2, 0.25) is 0 Å². The predicted molar refractivity (Wildman–Crippen MR) is 103 cm³/mol. The van der Waals surface area contributed by atoms with E-state index in [0.29, 0.717) is 16.9 Å². The summed E-state index contributed by atoms with van der Waals surface area (Å²) < 4.78 is 16.4. The zero-order chi connectivity index (χ0) is 20.4. The lowest BCUT2D eigenvalue weighted by Gasteiger charge is -2.14. The minimum atomic E-state index is -0.573. The average Bonchev–Trinajstić information content (AvgIpc) is 3.04. The summed E-state index contributed by atoms with van der Waals surface area (Å²) in [5, 5.41) is 10.4. The summed E-state index contributed by atoms with van der Waals surface area (Å²) in [5.41, 5.74) is 1.04. The number of phenolic OH excluding ortho intramolecular Hbond substituents is 1. The molecule has 146 valence electrons. The summed E-state index contributed by atoms with van der Waals surface area (Å²) in [4.78, 5) is 26.4. The van der Waals surface area contributed by atoms with E-state index in [0.717, 1.165) is 5.39 Å². The Morgan fingerprint density at radius 1 is 0.857 bits per heavy atom. The minimum Gasteiger partial charge on any atom is -0.508 e. The van der Waals surface area contributed by atoms with Crippen molar-refractivity contribution in [1.82, 2.24) is 9.80 Å². The number of benzene rings is 2. The predicted octanol–water partition coefficient (Wildman–Crippen LogP) is 3.93. The molecule has 0 spiro atoms. The van der Waals surface area contributed by atoms with Gasteiger partial charge in [-0.2, -0.15) is 0 Å². The molecule has 1 N–H and O–H groups in total. The number of carbonyl (C=O) groups excluding carboxylic acids is 2. The topological polar surface area (TPSA) is 92.5 Å². The highest BCUT2D eigenvalue weighted by Gasteiger charge is 2.15. The molecule has 1 heterocycles. The number of phenols is 1. The molecule has 0 aliphatic rings. The van der Waals surface area contributed by atoms with Crippen LogP contribution in [0, 0.1) is 0 Å². The molecule has 0 bridgehead atoms. The van der Waals surface area contributed by atoms with E-state index in [1.165, 1.54) is 21.9 Å². The number of fused-ring (bicyclic) bond motifs is 1. The summed E-state index contributed by atoms with van der Waals surface area (Å²) in [6, 6.07) is 11.2. The fourth-order valence-electron chi connectivity index (χ4n) is 2.38. The Bertz CT molecular complexity index is 998. The Balaban J connectivity index is 2.04. The van der Waals surface area contributed by atoms with Gasteiger partial charge in [-0.15, -0.1) is 0 Å². The van der Waals surface area contributed by atoms with Gasteiger partial charge in [0, 0.05) is 51.3 Å². The number of furan rings is 1. The maximum Gasteiger partial charge on any atom is 0.414 e. The SMILES string of the molecule is CN(C)C(=O)Oc1cc(OC(=O)N(C)C)cc(-c2cc3ccc(O)cc3o2)c1. The smallest absolute Gasteiger partial charge is 0.414 e. The Hall–Kier alpha value is -3.68. The van der Waals surface area contributed by atoms with Gasteiger partial charge in [0.05, 0.1) is 0 Å². The molecule has 3 rings (SSSR count). The molecule has 2 amide bonds. The fourth-order valence-corrected chi connectivity index (χ4v) is 2.38. The molecule has 0 aliphatic heterocycles. The number of hydrogen-bond acceptors (Lipinski definition) is 6. The third kappa shape index (κ3) is 4.17. The Morgan fingerprint density at radius 2 is 1.43 bits per heavy atom. The number of ether oxygens (including phenoxy) is 2. The minimum absolute atomic E-state index is 0.0858. The van der Waals surface area contributed by atoms with Crippen molar-refractivity contribution in [2.75, 3.05) is 28.2 Å². The lowest BCUT2D eigenvalue weighted by molar-refractivity contribution is 0.170. The third-order valence-electron chi connectivity index (χ3n) is 3.81. The second-order valence-corrected chi connectivity index (χ2v) is 6.55. The molecule has 0 fully saturated rings. The van der Waals surface area contributed by atoms with Gasteiger partial charge in [-0.05, 0) is 30.3 Å². The van der Waals surface area contributed by atoms with E-state index in [1.54, 1.807) is 58.5 Å². The van der Waals surface area contributed by atoms with Gasteiger partial charge >= 0.3 is 12.2 Å². The van der Waals surface area contributed by atoms with Crippen LogP contribution in [-0.4, -0.2) is 55.3 Å². The first-order valence-corrected chi connectivity index (χ1v) is 8.39. The van der Waals surface area contributed by atoms with E-state index in [-0.39, 0.29) is 17.2 Å². The Labute approximate surface area is 161 Å². The molecule has 0 saturated carbocycles. The zero-order valence-corrected chi connectivity index (χ0v) is 15.9. The van der Waals surface area contributed by atoms with Gasteiger partial charge in [0.15, 0.2) is 0 Å². The van der Waals surface area contributed by atoms with Crippen LogP contribution in [0.3, 0.4) is 0 Å². The van der Waals surface area contributed by atoms with Gasteiger partial charge in [0.1, 0.15) is 28.6 Å². The molecule has 3 aromatic rings. The molecule has 0 aliphatic carbocycles. The molecule has 8 heteroatoms. The van der Waals surface area contributed by atoms with Crippen LogP contribution >= 0.6 is 0 Å². The highest BCUT2D eigenvalue weighted by Crippen LogP contribution is 2.34. The lowest BCUT2D eigenvalue weighted by atomic mass is 10.1.